The summed E-state index contributed by atoms with van der Waals surface area (Å²) in [5.41, 5.74) is 12.8. The molecule has 0 unspecified atom stereocenters. The largest absolute Gasteiger partial charge is 0.0622 e. The van der Waals surface area contributed by atoms with Crippen molar-refractivity contribution in [2.45, 2.75) is 6.42 Å². The molecular formula is C37H28. The molecule has 0 N–H and O–H groups in total. The molecule has 0 bridgehead atoms. The van der Waals surface area contributed by atoms with Gasteiger partial charge >= 0.3 is 0 Å². The van der Waals surface area contributed by atoms with E-state index in [4.69, 9.17) is 0 Å². The molecule has 0 saturated heterocycles. The van der Waals surface area contributed by atoms with Gasteiger partial charge in [0.1, 0.15) is 0 Å². The lowest BCUT2D eigenvalue weighted by Crippen LogP contribution is -1.97. The Hall–Kier alpha value is -4.68. The fourth-order valence-corrected chi connectivity index (χ4v) is 5.25. The van der Waals surface area contributed by atoms with Crippen molar-refractivity contribution in [1.29, 1.82) is 0 Å². The van der Waals surface area contributed by atoms with Gasteiger partial charge in [-0.05, 0) is 62.1 Å². The van der Waals surface area contributed by atoms with Crippen LogP contribution in [0.15, 0.2) is 158 Å². The van der Waals surface area contributed by atoms with E-state index in [9.17, 15) is 0 Å². The maximum Gasteiger partial charge on any atom is -0.00135 e. The predicted octanol–water partition coefficient (Wildman–Crippen LogP) is 9.95. The highest BCUT2D eigenvalue weighted by atomic mass is 14.2. The first-order valence-corrected chi connectivity index (χ1v) is 12.8. The van der Waals surface area contributed by atoms with E-state index in [-0.39, 0.29) is 0 Å². The Morgan fingerprint density at radius 1 is 0.243 bits per heavy atom. The number of benzene rings is 6. The van der Waals surface area contributed by atoms with E-state index < -0.39 is 0 Å². The first-order valence-electron chi connectivity index (χ1n) is 12.8. The monoisotopic (exact) mass is 472 g/mol. The molecule has 6 aromatic rings. The molecule has 37 heavy (non-hydrogen) atoms. The highest BCUT2D eigenvalue weighted by Crippen LogP contribution is 2.38. The minimum absolute atomic E-state index is 0.860. The summed E-state index contributed by atoms with van der Waals surface area (Å²) < 4.78 is 0. The highest BCUT2D eigenvalue weighted by Gasteiger charge is 2.14. The van der Waals surface area contributed by atoms with Crippen LogP contribution in [0.1, 0.15) is 11.1 Å². The summed E-state index contributed by atoms with van der Waals surface area (Å²) in [6.07, 6.45) is 0.860. The first-order chi connectivity index (χ1) is 18.4. The third-order valence-corrected chi connectivity index (χ3v) is 7.02. The van der Waals surface area contributed by atoms with Gasteiger partial charge < -0.3 is 0 Å². The second-order valence-corrected chi connectivity index (χ2v) is 9.31. The molecule has 0 heterocycles. The second-order valence-electron chi connectivity index (χ2n) is 9.31. The Morgan fingerprint density at radius 3 is 0.946 bits per heavy atom. The standard InChI is InChI=1S/C37H28/c1-3-15-28(16-4-1)32-21-11-13-25-36(32)34-23-9-7-19-30(34)27-31-20-8-10-24-35(31)37-26-14-12-22-33(37)29-17-5-2-6-18-29/h1-26H,27H2. The van der Waals surface area contributed by atoms with Crippen LogP contribution in [0.25, 0.3) is 44.5 Å². The predicted molar refractivity (Wildman–Crippen MR) is 157 cm³/mol. The average molecular weight is 473 g/mol. The van der Waals surface area contributed by atoms with E-state index >= 15 is 0 Å². The van der Waals surface area contributed by atoms with E-state index in [2.05, 4.69) is 158 Å². The molecule has 0 radical (unpaired) electrons. The molecule has 0 spiro atoms. The molecule has 0 atom stereocenters. The van der Waals surface area contributed by atoms with Crippen LogP contribution in [0.3, 0.4) is 0 Å². The molecule has 6 aromatic carbocycles. The number of hydrogen-bond acceptors (Lipinski definition) is 0. The van der Waals surface area contributed by atoms with Crippen molar-refractivity contribution in [1.82, 2.24) is 0 Å². The third kappa shape index (κ3) is 4.75. The highest BCUT2D eigenvalue weighted by molar-refractivity contribution is 5.87. The van der Waals surface area contributed by atoms with Gasteiger partial charge in [-0.25, -0.2) is 0 Å². The van der Waals surface area contributed by atoms with Crippen LogP contribution in [0.2, 0.25) is 0 Å². The summed E-state index contributed by atoms with van der Waals surface area (Å²) in [7, 11) is 0. The molecule has 0 aliphatic rings. The summed E-state index contributed by atoms with van der Waals surface area (Å²) in [6.45, 7) is 0. The fourth-order valence-electron chi connectivity index (χ4n) is 5.25. The molecule has 0 aliphatic heterocycles. The second kappa shape index (κ2) is 10.5. The van der Waals surface area contributed by atoms with Gasteiger partial charge in [0, 0.05) is 0 Å². The van der Waals surface area contributed by atoms with E-state index in [0.29, 0.717) is 0 Å². The molecule has 0 saturated carbocycles. The van der Waals surface area contributed by atoms with Gasteiger partial charge in [0.2, 0.25) is 0 Å². The zero-order valence-corrected chi connectivity index (χ0v) is 20.7. The zero-order valence-electron chi connectivity index (χ0n) is 20.7. The van der Waals surface area contributed by atoms with Crippen LogP contribution in [-0.2, 0) is 6.42 Å². The van der Waals surface area contributed by atoms with E-state index in [1.165, 1.54) is 55.6 Å². The van der Waals surface area contributed by atoms with E-state index in [0.717, 1.165) is 6.42 Å². The van der Waals surface area contributed by atoms with Crippen LogP contribution in [0.4, 0.5) is 0 Å². The molecule has 0 nitrogen and oxygen atoms in total. The number of rotatable bonds is 6. The zero-order chi connectivity index (χ0) is 24.9. The van der Waals surface area contributed by atoms with Crippen molar-refractivity contribution in [3.63, 3.8) is 0 Å². The van der Waals surface area contributed by atoms with Crippen molar-refractivity contribution in [3.8, 4) is 44.5 Å². The van der Waals surface area contributed by atoms with Crippen LogP contribution >= 0.6 is 0 Å². The van der Waals surface area contributed by atoms with Crippen molar-refractivity contribution in [3.05, 3.63) is 169 Å². The summed E-state index contributed by atoms with van der Waals surface area (Å²) in [5, 5.41) is 0. The van der Waals surface area contributed by atoms with Gasteiger partial charge in [-0.1, -0.05) is 158 Å². The maximum atomic E-state index is 2.27. The Morgan fingerprint density at radius 2 is 0.541 bits per heavy atom. The molecule has 0 aromatic heterocycles. The van der Waals surface area contributed by atoms with Crippen LogP contribution in [-0.4, -0.2) is 0 Å². The van der Waals surface area contributed by atoms with Crippen molar-refractivity contribution in [2.75, 3.05) is 0 Å². The summed E-state index contributed by atoms with van der Waals surface area (Å²) in [5.74, 6) is 0. The molecule has 6 rings (SSSR count). The summed E-state index contributed by atoms with van der Waals surface area (Å²) >= 11 is 0. The Balaban J connectivity index is 1.45. The molecule has 0 amide bonds. The smallest absolute Gasteiger partial charge is 0.00135 e. The lowest BCUT2D eigenvalue weighted by Gasteiger charge is -2.17. The molecule has 176 valence electrons. The van der Waals surface area contributed by atoms with Crippen LogP contribution in [0.5, 0.6) is 0 Å². The van der Waals surface area contributed by atoms with Crippen molar-refractivity contribution >= 4 is 0 Å². The molecule has 0 fully saturated rings. The first kappa shape index (κ1) is 22.8. The normalized spacial score (nSPS) is 10.8. The third-order valence-electron chi connectivity index (χ3n) is 7.02. The lowest BCUT2D eigenvalue weighted by atomic mass is 9.86. The molecule has 0 heteroatoms. The minimum atomic E-state index is 0.860. The van der Waals surface area contributed by atoms with Crippen molar-refractivity contribution < 1.29 is 0 Å². The lowest BCUT2D eigenvalue weighted by molar-refractivity contribution is 1.20. The molecule has 0 aliphatic carbocycles. The van der Waals surface area contributed by atoms with E-state index in [1.54, 1.807) is 0 Å². The summed E-state index contributed by atoms with van der Waals surface area (Å²) in [6, 6.07) is 56.5. The van der Waals surface area contributed by atoms with Gasteiger partial charge in [-0.3, -0.25) is 0 Å². The van der Waals surface area contributed by atoms with Gasteiger partial charge in [-0.2, -0.15) is 0 Å². The number of hydrogen-bond donors (Lipinski definition) is 0. The Labute approximate surface area is 219 Å². The van der Waals surface area contributed by atoms with Gasteiger partial charge in [0.05, 0.1) is 0 Å². The SMILES string of the molecule is c1ccc(-c2ccccc2-c2ccccc2Cc2ccccc2-c2ccccc2-c2ccccc2)cc1. The quantitative estimate of drug-likeness (QED) is 0.226. The van der Waals surface area contributed by atoms with E-state index in [1.807, 2.05) is 0 Å². The van der Waals surface area contributed by atoms with Gasteiger partial charge in [0.25, 0.3) is 0 Å². The summed E-state index contributed by atoms with van der Waals surface area (Å²) in [4.78, 5) is 0. The van der Waals surface area contributed by atoms with Crippen LogP contribution in [0, 0.1) is 0 Å². The van der Waals surface area contributed by atoms with Gasteiger partial charge in [0.15, 0.2) is 0 Å². The van der Waals surface area contributed by atoms with Crippen LogP contribution < -0.4 is 0 Å². The topological polar surface area (TPSA) is 0 Å². The Kier molecular flexibility index (Phi) is 6.47. The van der Waals surface area contributed by atoms with Gasteiger partial charge in [-0.15, -0.1) is 0 Å². The van der Waals surface area contributed by atoms with Crippen molar-refractivity contribution in [2.24, 2.45) is 0 Å². The fraction of sp³-hybridized carbons (Fsp3) is 0.0270. The molecular weight excluding hydrogens is 444 g/mol. The maximum absolute atomic E-state index is 2.27. The Bertz CT molecular complexity index is 1500. The average Bonchev–Trinajstić information content (AvgIpc) is 2.99. The minimum Gasteiger partial charge on any atom is -0.0622 e.